The van der Waals surface area contributed by atoms with Gasteiger partial charge in [-0.15, -0.1) is 37.2 Å². The first-order valence-electron chi connectivity index (χ1n) is 20.2. The Balaban J connectivity index is -0.000000156. The predicted molar refractivity (Wildman–Crippen MR) is 232 cm³/mol. The maximum atomic E-state index is 12.2. The third-order valence-corrected chi connectivity index (χ3v) is 11.2. The summed E-state index contributed by atoms with van der Waals surface area (Å²) in [6.45, 7) is 22.5. The second kappa shape index (κ2) is 50.3. The van der Waals surface area contributed by atoms with E-state index in [9.17, 15) is 13.7 Å². The Morgan fingerprint density at radius 3 is 0.407 bits per heavy atom. The van der Waals surface area contributed by atoms with Crippen LogP contribution in [0.4, 0.5) is 0 Å². The van der Waals surface area contributed by atoms with Crippen molar-refractivity contribution in [3.63, 3.8) is 0 Å². The quantitative estimate of drug-likeness (QED) is 0.0437. The number of hydrogen-bond acceptors (Lipinski definition) is 12. The molecule has 0 atom stereocenters. The minimum Gasteiger partial charge on any atom is -0.287 e. The molecule has 0 unspecified atom stereocenters. The van der Waals surface area contributed by atoms with Crippen LogP contribution in [-0.4, -0.2) is 59.5 Å². The van der Waals surface area contributed by atoms with Crippen LogP contribution in [0.5, 0.6) is 0 Å². The van der Waals surface area contributed by atoms with Crippen molar-refractivity contribution < 1.29 is 54.4 Å². The summed E-state index contributed by atoms with van der Waals surface area (Å²) in [6.07, 6.45) is 16.9. The van der Waals surface area contributed by atoms with Crippen molar-refractivity contribution in [2.24, 2.45) is 0 Å². The summed E-state index contributed by atoms with van der Waals surface area (Å²) in [7, 11) is -9.93. The van der Waals surface area contributed by atoms with E-state index in [-0.39, 0.29) is 37.2 Å². The van der Waals surface area contributed by atoms with Gasteiger partial charge in [-0.05, 0) is 57.8 Å². The third-order valence-electron chi connectivity index (χ3n) is 6.73. The standard InChI is InChI=1S/3C12H27O4P.3ClH/c3*1-4-7-10-14-17(13,15-11-8-5-2)16-12-9-6-3;;;/h3*4-12H2,1-3H3;3*1H. The van der Waals surface area contributed by atoms with Crippen molar-refractivity contribution >= 4 is 60.7 Å². The van der Waals surface area contributed by atoms with Crippen LogP contribution in [0.15, 0.2) is 0 Å². The average Bonchev–Trinajstić information content (AvgIpc) is 3.10. The smallest absolute Gasteiger partial charge is 0.287 e. The molecule has 0 aliphatic rings. The normalized spacial score (nSPS) is 11.3. The molecule has 0 spiro atoms. The maximum Gasteiger partial charge on any atom is 0.474 e. The fraction of sp³-hybridized carbons (Fsp3) is 1.00. The summed E-state index contributed by atoms with van der Waals surface area (Å²) >= 11 is 0. The van der Waals surface area contributed by atoms with Gasteiger partial charge in [0.1, 0.15) is 0 Å². The summed E-state index contributed by atoms with van der Waals surface area (Å²) in [5.74, 6) is 0. The first-order valence-corrected chi connectivity index (χ1v) is 24.5. The molecule has 336 valence electrons. The molecular formula is C36H84Cl3O12P3. The fourth-order valence-electron chi connectivity index (χ4n) is 3.22. The van der Waals surface area contributed by atoms with Gasteiger partial charge in [-0.3, -0.25) is 40.7 Å². The van der Waals surface area contributed by atoms with Gasteiger partial charge in [0, 0.05) is 0 Å². The maximum absolute atomic E-state index is 12.2. The largest absolute Gasteiger partial charge is 0.474 e. The number of phosphoric ester groups is 3. The number of halogens is 3. The van der Waals surface area contributed by atoms with Crippen LogP contribution in [0.3, 0.4) is 0 Å². The van der Waals surface area contributed by atoms with Crippen molar-refractivity contribution in [2.45, 2.75) is 178 Å². The number of phosphoric acid groups is 3. The lowest BCUT2D eigenvalue weighted by Crippen LogP contribution is -2.03. The highest BCUT2D eigenvalue weighted by molar-refractivity contribution is 7.49. The van der Waals surface area contributed by atoms with Crippen molar-refractivity contribution in [1.82, 2.24) is 0 Å². The van der Waals surface area contributed by atoms with Crippen LogP contribution >= 0.6 is 60.7 Å². The molecule has 0 bridgehead atoms. The van der Waals surface area contributed by atoms with Gasteiger partial charge in [0.25, 0.3) is 0 Å². The van der Waals surface area contributed by atoms with E-state index < -0.39 is 23.5 Å². The lowest BCUT2D eigenvalue weighted by Gasteiger charge is -2.17. The van der Waals surface area contributed by atoms with Gasteiger partial charge in [0.2, 0.25) is 0 Å². The Morgan fingerprint density at radius 2 is 0.333 bits per heavy atom. The first-order chi connectivity index (χ1) is 24.5. The second-order valence-corrected chi connectivity index (χ2v) is 17.0. The van der Waals surface area contributed by atoms with Crippen LogP contribution < -0.4 is 0 Å². The van der Waals surface area contributed by atoms with E-state index in [4.69, 9.17) is 40.7 Å². The summed E-state index contributed by atoms with van der Waals surface area (Å²) in [5.41, 5.74) is 0. The van der Waals surface area contributed by atoms with Crippen molar-refractivity contribution in [3.8, 4) is 0 Å². The summed E-state index contributed by atoms with van der Waals surface area (Å²) in [5, 5.41) is 0. The number of unbranched alkanes of at least 4 members (excludes halogenated alkanes) is 9. The van der Waals surface area contributed by atoms with E-state index in [0.717, 1.165) is 116 Å². The molecule has 0 amide bonds. The zero-order valence-electron chi connectivity index (χ0n) is 35.6. The summed E-state index contributed by atoms with van der Waals surface area (Å²) < 4.78 is 84.0. The molecule has 18 heteroatoms. The number of hydrogen-bond donors (Lipinski definition) is 0. The molecule has 54 heavy (non-hydrogen) atoms. The van der Waals surface area contributed by atoms with Crippen LogP contribution in [0, 0.1) is 0 Å². The molecule has 0 rings (SSSR count). The van der Waals surface area contributed by atoms with Gasteiger partial charge < -0.3 is 0 Å². The van der Waals surface area contributed by atoms with E-state index >= 15 is 0 Å². The van der Waals surface area contributed by atoms with Crippen LogP contribution in [0.1, 0.15) is 178 Å². The third kappa shape index (κ3) is 47.6. The summed E-state index contributed by atoms with van der Waals surface area (Å²) in [4.78, 5) is 0. The first kappa shape index (κ1) is 67.0. The van der Waals surface area contributed by atoms with E-state index in [1.807, 2.05) is 0 Å². The minimum absolute atomic E-state index is 0. The zero-order chi connectivity index (χ0) is 39.0. The van der Waals surface area contributed by atoms with Crippen molar-refractivity contribution in [1.29, 1.82) is 0 Å². The molecular weight excluding hydrogens is 824 g/mol. The van der Waals surface area contributed by atoms with E-state index in [0.29, 0.717) is 59.5 Å². The lowest BCUT2D eigenvalue weighted by molar-refractivity contribution is 0.109. The minimum atomic E-state index is -3.31. The molecule has 0 heterocycles. The molecule has 0 saturated carbocycles. The molecule has 0 aliphatic heterocycles. The predicted octanol–water partition coefficient (Wildman–Crippen LogP) is 14.9. The Bertz CT molecular complexity index is 648. The van der Waals surface area contributed by atoms with E-state index in [1.54, 1.807) is 0 Å². The topological polar surface area (TPSA) is 134 Å². The monoisotopic (exact) mass is 906 g/mol. The molecule has 12 nitrogen and oxygen atoms in total. The highest BCUT2D eigenvalue weighted by Gasteiger charge is 2.27. The second-order valence-electron chi connectivity index (χ2n) is 12.0. The summed E-state index contributed by atoms with van der Waals surface area (Å²) in [6, 6.07) is 0. The van der Waals surface area contributed by atoms with Crippen LogP contribution in [0.2, 0.25) is 0 Å². The Morgan fingerprint density at radius 1 is 0.241 bits per heavy atom. The van der Waals surface area contributed by atoms with Gasteiger partial charge >= 0.3 is 23.5 Å². The zero-order valence-corrected chi connectivity index (χ0v) is 40.7. The molecule has 0 aromatic rings. The Kier molecular flexibility index (Phi) is 62.5. The molecule has 0 saturated heterocycles. The molecule has 0 radical (unpaired) electrons. The highest BCUT2D eigenvalue weighted by Crippen LogP contribution is 2.51. The highest BCUT2D eigenvalue weighted by atomic mass is 35.5. The SMILES string of the molecule is CCCCOP(=O)(OCCCC)OCCCC.CCCCOP(=O)(OCCCC)OCCCC.CCCCOP(=O)(OCCCC)OCCCC.Cl.Cl.Cl. The van der Waals surface area contributed by atoms with Gasteiger partial charge in [-0.25, -0.2) is 13.7 Å². The van der Waals surface area contributed by atoms with Crippen molar-refractivity contribution in [3.05, 3.63) is 0 Å². The lowest BCUT2D eigenvalue weighted by atomic mass is 10.4. The molecule has 0 aromatic carbocycles. The van der Waals surface area contributed by atoms with Gasteiger partial charge in [-0.1, -0.05) is 120 Å². The van der Waals surface area contributed by atoms with Crippen LogP contribution in [0.25, 0.3) is 0 Å². The fourth-order valence-corrected chi connectivity index (χ4v) is 7.07. The van der Waals surface area contributed by atoms with E-state index in [2.05, 4.69) is 62.3 Å². The van der Waals surface area contributed by atoms with Gasteiger partial charge in [0.05, 0.1) is 59.5 Å². The van der Waals surface area contributed by atoms with Gasteiger partial charge in [0.15, 0.2) is 0 Å². The van der Waals surface area contributed by atoms with Gasteiger partial charge in [-0.2, -0.15) is 0 Å². The van der Waals surface area contributed by atoms with Crippen molar-refractivity contribution in [2.75, 3.05) is 59.5 Å². The molecule has 0 aromatic heterocycles. The molecule has 0 aliphatic carbocycles. The Hall–Kier alpha value is 1.20. The van der Waals surface area contributed by atoms with Crippen LogP contribution in [-0.2, 0) is 54.4 Å². The molecule has 0 fully saturated rings. The Labute approximate surface area is 351 Å². The average molecular weight is 908 g/mol. The molecule has 0 N–H and O–H groups in total. The van der Waals surface area contributed by atoms with E-state index in [1.165, 1.54) is 0 Å². The number of rotatable bonds is 36.